The van der Waals surface area contributed by atoms with Gasteiger partial charge in [0.1, 0.15) is 0 Å². The van der Waals surface area contributed by atoms with Gasteiger partial charge < -0.3 is 4.51 Å². The zero-order valence-corrected chi connectivity index (χ0v) is 8.72. The van der Waals surface area contributed by atoms with Gasteiger partial charge in [-0.15, -0.1) is 0 Å². The first-order chi connectivity index (χ1) is 4.79. The number of hydrogen-bond acceptors (Lipinski definition) is 2. The van der Waals surface area contributed by atoms with E-state index >= 15 is 0 Å². The predicted molar refractivity (Wildman–Crippen MR) is 47.4 cm³/mol. The number of nitrogens with zero attached hydrogens (tertiary/aromatic N) is 2. The Kier molecular flexibility index (Phi) is 3.51. The molecule has 0 aromatic carbocycles. The van der Waals surface area contributed by atoms with Gasteiger partial charge in [-0.25, -0.2) is 0 Å². The van der Waals surface area contributed by atoms with Crippen LogP contribution in [0.15, 0.2) is 0 Å². The standard InChI is InChI=1S/C3H10N3OP3/c1-3(2)7-6-9-4-8-5-10-6/h3-4,8-9H,1-2H3. The largest absolute Gasteiger partial charge is 0.311 e. The summed E-state index contributed by atoms with van der Waals surface area (Å²) in [6.07, 6.45) is 0.249. The number of nitrogens with one attached hydrogen (secondary N) is 1. The summed E-state index contributed by atoms with van der Waals surface area (Å²) in [5.74, 6) is 0. The van der Waals surface area contributed by atoms with Crippen LogP contribution in [0.3, 0.4) is 0 Å². The zero-order chi connectivity index (χ0) is 7.40. The SMILES string of the molecule is CC(C)On1pn[pH][nH][pH]1. The molecular formula is C3H10N3OP3. The van der Waals surface area contributed by atoms with Crippen molar-refractivity contribution in [3.05, 3.63) is 0 Å². The van der Waals surface area contributed by atoms with Gasteiger partial charge in [0.05, 0.1) is 6.10 Å². The van der Waals surface area contributed by atoms with Crippen LogP contribution in [0.2, 0.25) is 0 Å². The molecule has 0 fully saturated rings. The normalized spacial score (nSPS) is 12.7. The average molecular weight is 197 g/mol. The van der Waals surface area contributed by atoms with Crippen molar-refractivity contribution in [3.63, 3.8) is 0 Å². The molecule has 2 atom stereocenters. The van der Waals surface area contributed by atoms with Crippen molar-refractivity contribution in [1.82, 2.24) is 13.3 Å². The molecule has 2 unspecified atom stereocenters. The van der Waals surface area contributed by atoms with Crippen molar-refractivity contribution >= 4 is 25.5 Å². The lowest BCUT2D eigenvalue weighted by Crippen LogP contribution is -2.14. The molecule has 0 aliphatic rings. The van der Waals surface area contributed by atoms with Crippen molar-refractivity contribution in [2.24, 2.45) is 0 Å². The van der Waals surface area contributed by atoms with Crippen molar-refractivity contribution in [1.29, 1.82) is 0 Å². The third kappa shape index (κ3) is 2.90. The van der Waals surface area contributed by atoms with Crippen LogP contribution in [0.4, 0.5) is 0 Å². The highest BCUT2D eigenvalue weighted by Gasteiger charge is 1.92. The predicted octanol–water partition coefficient (Wildman–Crippen LogP) is 1.82. The molecule has 0 spiro atoms. The van der Waals surface area contributed by atoms with E-state index in [0.29, 0.717) is 17.0 Å². The van der Waals surface area contributed by atoms with Gasteiger partial charge >= 0.3 is 0 Å². The lowest BCUT2D eigenvalue weighted by molar-refractivity contribution is 0.1000. The maximum Gasteiger partial charge on any atom is 0.169 e. The number of aromatic amines is 1. The number of aromatic nitrogens is 3. The fourth-order valence-electron chi connectivity index (χ4n) is 0.430. The minimum absolute atomic E-state index is 0.249. The van der Waals surface area contributed by atoms with Gasteiger partial charge in [0.15, 0.2) is 8.51 Å². The molecule has 0 amide bonds. The molecule has 0 bridgehead atoms. The minimum Gasteiger partial charge on any atom is -0.311 e. The van der Waals surface area contributed by atoms with Gasteiger partial charge in [0, 0.05) is 17.0 Å². The molecule has 1 rings (SSSR count). The van der Waals surface area contributed by atoms with Gasteiger partial charge in [-0.3, -0.25) is 4.84 Å². The summed E-state index contributed by atoms with van der Waals surface area (Å²) in [6.45, 7) is 4.02. The first-order valence-electron chi connectivity index (χ1n) is 2.92. The van der Waals surface area contributed by atoms with Crippen LogP contribution in [0.25, 0.3) is 0 Å². The molecular weight excluding hydrogens is 187 g/mol. The molecule has 0 aliphatic heterocycles. The van der Waals surface area contributed by atoms with E-state index in [9.17, 15) is 0 Å². The highest BCUT2D eigenvalue weighted by molar-refractivity contribution is 7.44. The van der Waals surface area contributed by atoms with Crippen LogP contribution < -0.4 is 4.84 Å². The summed E-state index contributed by atoms with van der Waals surface area (Å²) in [7, 11) is 2.03. The second-order valence-corrected chi connectivity index (χ2v) is 5.54. The van der Waals surface area contributed by atoms with E-state index in [4.69, 9.17) is 4.84 Å². The number of rotatable bonds is 2. The Balaban J connectivity index is 2.59. The lowest BCUT2D eigenvalue weighted by Gasteiger charge is -2.06. The van der Waals surface area contributed by atoms with Crippen molar-refractivity contribution < 1.29 is 4.84 Å². The Morgan fingerprint density at radius 2 is 2.50 bits per heavy atom. The molecule has 10 heavy (non-hydrogen) atoms. The molecule has 1 N–H and O–H groups in total. The van der Waals surface area contributed by atoms with Gasteiger partial charge in [-0.2, -0.15) is 8.76 Å². The van der Waals surface area contributed by atoms with E-state index in [1.54, 1.807) is 0 Å². The Labute approximate surface area is 64.3 Å². The first kappa shape index (κ1) is 8.36. The zero-order valence-electron chi connectivity index (χ0n) is 5.83. The summed E-state index contributed by atoms with van der Waals surface area (Å²) in [5.41, 5.74) is 0. The molecule has 0 radical (unpaired) electrons. The number of H-pyrrole nitrogens is 1. The molecule has 0 aliphatic carbocycles. The highest BCUT2D eigenvalue weighted by Crippen LogP contribution is 2.10. The van der Waals surface area contributed by atoms with Crippen LogP contribution in [0.1, 0.15) is 13.8 Å². The smallest absolute Gasteiger partial charge is 0.169 e. The minimum atomic E-state index is 0.249. The first-order valence-corrected chi connectivity index (χ1v) is 5.61. The molecule has 1 aromatic rings. The Bertz CT molecular complexity index is 193. The van der Waals surface area contributed by atoms with Crippen LogP contribution in [0, 0.1) is 0 Å². The van der Waals surface area contributed by atoms with Crippen LogP contribution >= 0.6 is 25.5 Å². The second kappa shape index (κ2) is 4.20. The van der Waals surface area contributed by atoms with E-state index in [1.807, 2.05) is 18.1 Å². The molecule has 0 saturated heterocycles. The van der Waals surface area contributed by atoms with Crippen molar-refractivity contribution in [3.8, 4) is 0 Å². The molecule has 58 valence electrons. The third-order valence-electron chi connectivity index (χ3n) is 0.694. The molecule has 1 aromatic heterocycles. The molecule has 1 heterocycles. The summed E-state index contributed by atoms with van der Waals surface area (Å²) in [6, 6.07) is 0. The van der Waals surface area contributed by atoms with E-state index in [1.165, 1.54) is 0 Å². The van der Waals surface area contributed by atoms with Crippen LogP contribution in [-0.2, 0) is 0 Å². The van der Waals surface area contributed by atoms with Gasteiger partial charge in [0.25, 0.3) is 0 Å². The van der Waals surface area contributed by atoms with Gasteiger partial charge in [-0.05, 0) is 13.8 Å². The van der Waals surface area contributed by atoms with Gasteiger partial charge in [0.2, 0.25) is 0 Å². The fourth-order valence-corrected chi connectivity index (χ4v) is 3.69. The lowest BCUT2D eigenvalue weighted by atomic mass is 10.5. The fraction of sp³-hybridized carbons (Fsp3) is 1.00. The molecule has 0 saturated carbocycles. The van der Waals surface area contributed by atoms with Gasteiger partial charge in [-0.1, -0.05) is 0 Å². The Morgan fingerprint density at radius 1 is 1.70 bits per heavy atom. The van der Waals surface area contributed by atoms with E-state index in [0.717, 1.165) is 8.51 Å². The molecule has 7 heteroatoms. The monoisotopic (exact) mass is 197 g/mol. The maximum absolute atomic E-state index is 5.37. The van der Waals surface area contributed by atoms with E-state index < -0.39 is 0 Å². The quantitative estimate of drug-likeness (QED) is 0.785. The average Bonchev–Trinajstić information content (AvgIpc) is 1.88. The maximum atomic E-state index is 5.37. The summed E-state index contributed by atoms with van der Waals surface area (Å²) < 4.78 is 9.05. The van der Waals surface area contributed by atoms with Crippen LogP contribution in [0.5, 0.6) is 0 Å². The third-order valence-corrected chi connectivity index (χ3v) is 3.47. The van der Waals surface area contributed by atoms with E-state index in [-0.39, 0.29) is 6.10 Å². The summed E-state index contributed by atoms with van der Waals surface area (Å²) >= 11 is 0. The van der Waals surface area contributed by atoms with Crippen molar-refractivity contribution in [2.45, 2.75) is 20.0 Å². The summed E-state index contributed by atoms with van der Waals surface area (Å²) in [4.78, 5) is 5.37. The van der Waals surface area contributed by atoms with Crippen molar-refractivity contribution in [2.75, 3.05) is 0 Å². The highest BCUT2D eigenvalue weighted by atomic mass is 31.1. The summed E-state index contributed by atoms with van der Waals surface area (Å²) in [5, 5.41) is 0. The number of hydrogen-bond donors (Lipinski definition) is 1. The molecule has 4 nitrogen and oxygen atoms in total. The Morgan fingerprint density at radius 3 is 3.00 bits per heavy atom. The Hall–Kier alpha value is 0.260. The van der Waals surface area contributed by atoms with Crippen LogP contribution in [-0.4, -0.2) is 19.4 Å². The second-order valence-electron chi connectivity index (χ2n) is 1.97. The van der Waals surface area contributed by atoms with E-state index in [2.05, 4.69) is 9.02 Å². The topological polar surface area (TPSA) is 42.8 Å².